The van der Waals surface area contributed by atoms with Crippen LogP contribution in [0.4, 0.5) is 11.4 Å². The molecular formula is C22H29ClN3O-. The van der Waals surface area contributed by atoms with Gasteiger partial charge in [0.1, 0.15) is 0 Å². The minimum atomic E-state index is 0. The van der Waals surface area contributed by atoms with Crippen molar-refractivity contribution in [2.75, 3.05) is 42.9 Å². The van der Waals surface area contributed by atoms with E-state index in [1.807, 2.05) is 6.07 Å². The standard InChI is InChI=1S/C22H29N3O.ClH/c1-3-18-9-8-10-19(4-2)22(18)23-21(26)17-24-13-15-25(16-14-24)20-11-6-5-7-12-20;/h5-12H,3-4,13-17H2,1-2H3,(H,23,26);1H/p-1. The van der Waals surface area contributed by atoms with Crippen molar-refractivity contribution in [3.8, 4) is 0 Å². The number of carbonyl (C=O) groups is 1. The highest BCUT2D eigenvalue weighted by atomic mass is 35.5. The van der Waals surface area contributed by atoms with Gasteiger partial charge in [0, 0.05) is 37.6 Å². The van der Waals surface area contributed by atoms with Gasteiger partial charge in [-0.1, -0.05) is 50.2 Å². The van der Waals surface area contributed by atoms with Crippen molar-refractivity contribution >= 4 is 17.3 Å². The number of halogens is 1. The van der Waals surface area contributed by atoms with E-state index >= 15 is 0 Å². The van der Waals surface area contributed by atoms with E-state index < -0.39 is 0 Å². The van der Waals surface area contributed by atoms with Gasteiger partial charge >= 0.3 is 0 Å². The minimum Gasteiger partial charge on any atom is -1.00 e. The van der Waals surface area contributed by atoms with Crippen molar-refractivity contribution in [2.45, 2.75) is 26.7 Å². The van der Waals surface area contributed by atoms with Crippen molar-refractivity contribution in [1.29, 1.82) is 0 Å². The van der Waals surface area contributed by atoms with Gasteiger partial charge in [-0.25, -0.2) is 0 Å². The molecule has 1 fully saturated rings. The molecule has 5 heteroatoms. The number of nitrogens with zero attached hydrogens (tertiary/aromatic N) is 2. The molecule has 1 aliphatic heterocycles. The van der Waals surface area contributed by atoms with Crippen LogP contribution in [0.2, 0.25) is 0 Å². The number of hydrogen-bond acceptors (Lipinski definition) is 3. The molecule has 0 bridgehead atoms. The summed E-state index contributed by atoms with van der Waals surface area (Å²) < 4.78 is 0. The zero-order chi connectivity index (χ0) is 18.4. The molecule has 1 saturated heterocycles. The lowest BCUT2D eigenvalue weighted by molar-refractivity contribution is -0.117. The fourth-order valence-corrected chi connectivity index (χ4v) is 3.59. The van der Waals surface area contributed by atoms with E-state index in [-0.39, 0.29) is 18.3 Å². The normalized spacial score (nSPS) is 14.5. The Morgan fingerprint density at radius 2 is 1.48 bits per heavy atom. The molecule has 0 unspecified atom stereocenters. The second-order valence-corrected chi connectivity index (χ2v) is 6.81. The topological polar surface area (TPSA) is 35.6 Å². The van der Waals surface area contributed by atoms with Crippen LogP contribution in [0.3, 0.4) is 0 Å². The first-order chi connectivity index (χ1) is 12.7. The summed E-state index contributed by atoms with van der Waals surface area (Å²) in [5, 5.41) is 3.18. The van der Waals surface area contributed by atoms with E-state index in [4.69, 9.17) is 0 Å². The van der Waals surface area contributed by atoms with E-state index in [0.29, 0.717) is 6.54 Å². The highest BCUT2D eigenvalue weighted by molar-refractivity contribution is 5.93. The predicted octanol–water partition coefficient (Wildman–Crippen LogP) is 0.576. The Kier molecular flexibility index (Phi) is 8.14. The third-order valence-corrected chi connectivity index (χ3v) is 5.12. The second-order valence-electron chi connectivity index (χ2n) is 6.81. The highest BCUT2D eigenvalue weighted by Gasteiger charge is 2.20. The average molecular weight is 387 g/mol. The molecule has 2 aromatic rings. The Morgan fingerprint density at radius 3 is 2.04 bits per heavy atom. The number of carbonyl (C=O) groups excluding carboxylic acids is 1. The van der Waals surface area contributed by atoms with Crippen LogP contribution in [0.15, 0.2) is 48.5 Å². The van der Waals surface area contributed by atoms with Crippen LogP contribution in [0.25, 0.3) is 0 Å². The van der Waals surface area contributed by atoms with Gasteiger partial charge in [0.25, 0.3) is 0 Å². The maximum atomic E-state index is 12.6. The van der Waals surface area contributed by atoms with E-state index in [0.717, 1.165) is 44.7 Å². The SMILES string of the molecule is CCc1cccc(CC)c1NC(=O)CN1CCN(c2ccccc2)CC1.[Cl-]. The predicted molar refractivity (Wildman–Crippen MR) is 109 cm³/mol. The molecule has 1 amide bonds. The summed E-state index contributed by atoms with van der Waals surface area (Å²) in [7, 11) is 0. The molecule has 27 heavy (non-hydrogen) atoms. The molecule has 1 aliphatic rings. The Balaban J connectivity index is 0.00000261. The Labute approximate surface area is 169 Å². The molecule has 3 rings (SSSR count). The van der Waals surface area contributed by atoms with Crippen LogP contribution in [0, 0.1) is 0 Å². The van der Waals surface area contributed by atoms with Crippen molar-refractivity contribution < 1.29 is 17.2 Å². The average Bonchev–Trinajstić information content (AvgIpc) is 2.69. The van der Waals surface area contributed by atoms with E-state index in [1.54, 1.807) is 0 Å². The van der Waals surface area contributed by atoms with Crippen molar-refractivity contribution in [2.24, 2.45) is 0 Å². The second kappa shape index (κ2) is 10.3. The van der Waals surface area contributed by atoms with Gasteiger partial charge in [-0.2, -0.15) is 0 Å². The van der Waals surface area contributed by atoms with Gasteiger partial charge in [-0.3, -0.25) is 9.69 Å². The van der Waals surface area contributed by atoms with Gasteiger partial charge in [0.2, 0.25) is 5.91 Å². The zero-order valence-electron chi connectivity index (χ0n) is 16.2. The molecule has 0 atom stereocenters. The van der Waals surface area contributed by atoms with E-state index in [2.05, 4.69) is 71.4 Å². The van der Waals surface area contributed by atoms with Gasteiger partial charge < -0.3 is 22.6 Å². The minimum absolute atomic E-state index is 0. The molecule has 0 radical (unpaired) electrons. The molecule has 0 saturated carbocycles. The summed E-state index contributed by atoms with van der Waals surface area (Å²) in [6.07, 6.45) is 1.86. The van der Waals surface area contributed by atoms with Crippen molar-refractivity contribution in [1.82, 2.24) is 4.90 Å². The number of para-hydroxylation sites is 2. The molecule has 0 aromatic heterocycles. The van der Waals surface area contributed by atoms with Gasteiger partial charge in [0.05, 0.1) is 6.54 Å². The molecule has 0 spiro atoms. The number of hydrogen-bond donors (Lipinski definition) is 1. The Morgan fingerprint density at radius 1 is 0.889 bits per heavy atom. The number of aryl methyl sites for hydroxylation is 2. The van der Waals surface area contributed by atoms with Crippen LogP contribution in [-0.4, -0.2) is 43.5 Å². The molecule has 4 nitrogen and oxygen atoms in total. The maximum Gasteiger partial charge on any atom is 0.238 e. The molecule has 2 aromatic carbocycles. The summed E-state index contributed by atoms with van der Waals surface area (Å²) in [6, 6.07) is 16.8. The number of anilines is 2. The summed E-state index contributed by atoms with van der Waals surface area (Å²) in [5.41, 5.74) is 4.71. The Bertz CT molecular complexity index is 705. The summed E-state index contributed by atoms with van der Waals surface area (Å²) in [4.78, 5) is 17.2. The lowest BCUT2D eigenvalue weighted by atomic mass is 10.0. The molecule has 146 valence electrons. The number of piperazine rings is 1. The number of amides is 1. The maximum absolute atomic E-state index is 12.6. The van der Waals surface area contributed by atoms with Gasteiger partial charge in [-0.05, 0) is 36.1 Å². The van der Waals surface area contributed by atoms with Crippen LogP contribution < -0.4 is 22.6 Å². The van der Waals surface area contributed by atoms with Gasteiger partial charge in [0.15, 0.2) is 0 Å². The van der Waals surface area contributed by atoms with Crippen LogP contribution >= 0.6 is 0 Å². The Hall–Kier alpha value is -2.04. The lowest BCUT2D eigenvalue weighted by Gasteiger charge is -2.35. The fourth-order valence-electron chi connectivity index (χ4n) is 3.59. The molecule has 0 aliphatic carbocycles. The van der Waals surface area contributed by atoms with E-state index in [9.17, 15) is 4.79 Å². The first-order valence-corrected chi connectivity index (χ1v) is 9.64. The molecule has 1 N–H and O–H groups in total. The monoisotopic (exact) mass is 386 g/mol. The molecule has 1 heterocycles. The summed E-state index contributed by atoms with van der Waals surface area (Å²) in [5.74, 6) is 0.0914. The van der Waals surface area contributed by atoms with Crippen molar-refractivity contribution in [3.63, 3.8) is 0 Å². The first-order valence-electron chi connectivity index (χ1n) is 9.64. The third kappa shape index (κ3) is 5.47. The fraction of sp³-hybridized carbons (Fsp3) is 0.409. The van der Waals surface area contributed by atoms with Crippen LogP contribution in [0.1, 0.15) is 25.0 Å². The zero-order valence-corrected chi connectivity index (χ0v) is 17.0. The number of nitrogens with one attached hydrogen (secondary N) is 1. The first kappa shape index (κ1) is 21.3. The smallest absolute Gasteiger partial charge is 0.238 e. The largest absolute Gasteiger partial charge is 1.00 e. The number of benzene rings is 2. The quantitative estimate of drug-likeness (QED) is 0.788. The summed E-state index contributed by atoms with van der Waals surface area (Å²) >= 11 is 0. The van der Waals surface area contributed by atoms with Crippen molar-refractivity contribution in [3.05, 3.63) is 59.7 Å². The molecular weight excluding hydrogens is 358 g/mol. The van der Waals surface area contributed by atoms with Crippen LogP contribution in [0.5, 0.6) is 0 Å². The number of rotatable bonds is 6. The van der Waals surface area contributed by atoms with Gasteiger partial charge in [-0.15, -0.1) is 0 Å². The lowest BCUT2D eigenvalue weighted by Crippen LogP contribution is -3.00. The highest BCUT2D eigenvalue weighted by Crippen LogP contribution is 2.22. The summed E-state index contributed by atoms with van der Waals surface area (Å²) in [6.45, 7) is 8.48. The third-order valence-electron chi connectivity index (χ3n) is 5.12. The van der Waals surface area contributed by atoms with Crippen LogP contribution in [-0.2, 0) is 17.6 Å². The van der Waals surface area contributed by atoms with E-state index in [1.165, 1.54) is 16.8 Å².